The Labute approximate surface area is 133 Å². The minimum atomic E-state index is -4.66. The third-order valence-electron chi connectivity index (χ3n) is 3.66. The van der Waals surface area contributed by atoms with Gasteiger partial charge in [0.25, 0.3) is 5.91 Å². The Morgan fingerprint density at radius 1 is 1.30 bits per heavy atom. The van der Waals surface area contributed by atoms with Gasteiger partial charge in [0, 0.05) is 17.8 Å². The molecule has 0 fully saturated rings. The van der Waals surface area contributed by atoms with Crippen molar-refractivity contribution in [2.24, 2.45) is 0 Å². The van der Waals surface area contributed by atoms with Crippen LogP contribution in [0, 0.1) is 0 Å². The molecule has 0 atom stereocenters. The molecule has 1 aliphatic heterocycles. The number of aromatic nitrogens is 1. The highest BCUT2D eigenvalue weighted by atomic mass is 32.1. The molecule has 23 heavy (non-hydrogen) atoms. The van der Waals surface area contributed by atoms with Gasteiger partial charge < -0.3 is 4.90 Å². The number of rotatable bonds is 2. The number of nitrogens with zero attached hydrogens (tertiary/aromatic N) is 2. The zero-order valence-electron chi connectivity index (χ0n) is 12.0. The molecular formula is C15H11F3N2O2S. The molecule has 120 valence electrons. The van der Waals surface area contributed by atoms with Crippen LogP contribution in [0.15, 0.2) is 23.7 Å². The summed E-state index contributed by atoms with van der Waals surface area (Å²) in [5.41, 5.74) is 1.71. The summed E-state index contributed by atoms with van der Waals surface area (Å²) in [5.74, 6) is -0.812. The first-order valence-corrected chi connectivity index (χ1v) is 7.63. The zero-order chi connectivity index (χ0) is 16.8. The summed E-state index contributed by atoms with van der Waals surface area (Å²) in [7, 11) is 0. The number of carbonyl (C=O) groups excluding carboxylic acids is 2. The van der Waals surface area contributed by atoms with Crippen molar-refractivity contribution in [3.05, 3.63) is 45.4 Å². The number of ketones is 1. The van der Waals surface area contributed by atoms with E-state index in [9.17, 15) is 22.8 Å². The Kier molecular flexibility index (Phi) is 3.71. The average molecular weight is 340 g/mol. The van der Waals surface area contributed by atoms with Crippen molar-refractivity contribution >= 4 is 28.7 Å². The fourth-order valence-corrected chi connectivity index (χ4v) is 3.31. The summed E-state index contributed by atoms with van der Waals surface area (Å²) in [5, 5.41) is 0. The van der Waals surface area contributed by atoms with E-state index in [2.05, 4.69) is 4.98 Å². The summed E-state index contributed by atoms with van der Waals surface area (Å²) in [6.07, 6.45) is -4.16. The van der Waals surface area contributed by atoms with Gasteiger partial charge in [-0.1, -0.05) is 0 Å². The first kappa shape index (κ1) is 15.7. The largest absolute Gasteiger partial charge is 0.434 e. The van der Waals surface area contributed by atoms with Gasteiger partial charge in [-0.3, -0.25) is 9.59 Å². The highest BCUT2D eigenvalue weighted by Gasteiger charge is 2.40. The topological polar surface area (TPSA) is 50.3 Å². The maximum atomic E-state index is 12.9. The lowest BCUT2D eigenvalue weighted by Crippen LogP contribution is -2.30. The maximum Gasteiger partial charge on any atom is 0.434 e. The van der Waals surface area contributed by atoms with Gasteiger partial charge in [-0.05, 0) is 37.1 Å². The first-order chi connectivity index (χ1) is 10.8. The number of amides is 1. The fraction of sp³-hybridized carbons (Fsp3) is 0.267. The number of Topliss-reactive ketones (excluding diaryl/α,β-unsaturated/α-hetero) is 1. The molecule has 0 spiro atoms. The van der Waals surface area contributed by atoms with Crippen LogP contribution < -0.4 is 4.90 Å². The number of benzene rings is 1. The fourth-order valence-electron chi connectivity index (χ4n) is 2.55. The smallest absolute Gasteiger partial charge is 0.307 e. The molecule has 4 nitrogen and oxygen atoms in total. The van der Waals surface area contributed by atoms with E-state index in [1.54, 1.807) is 18.2 Å². The van der Waals surface area contributed by atoms with Gasteiger partial charge in [-0.2, -0.15) is 13.2 Å². The van der Waals surface area contributed by atoms with E-state index in [-0.39, 0.29) is 12.3 Å². The van der Waals surface area contributed by atoms with E-state index in [0.717, 1.165) is 11.1 Å². The van der Waals surface area contributed by atoms with E-state index in [1.807, 2.05) is 0 Å². The number of thiazole rings is 1. The van der Waals surface area contributed by atoms with Gasteiger partial charge in [-0.15, -0.1) is 11.3 Å². The minimum Gasteiger partial charge on any atom is -0.307 e. The second kappa shape index (κ2) is 5.45. The number of hydrogen-bond donors (Lipinski definition) is 0. The number of fused-ring (bicyclic) bond motifs is 1. The van der Waals surface area contributed by atoms with Crippen LogP contribution in [0.4, 0.5) is 18.9 Å². The second-order valence-electron chi connectivity index (χ2n) is 5.13. The van der Waals surface area contributed by atoms with Crippen LogP contribution in [-0.2, 0) is 12.6 Å². The quantitative estimate of drug-likeness (QED) is 0.786. The molecule has 1 aromatic carbocycles. The molecule has 8 heteroatoms. The Hall–Kier alpha value is -2.22. The van der Waals surface area contributed by atoms with Crippen LogP contribution in [0.5, 0.6) is 0 Å². The average Bonchev–Trinajstić information content (AvgIpc) is 3.12. The standard InChI is InChI=1S/C15H11F3N2O2S/c1-8(21)9-2-3-11-10(6-9)4-5-20(11)14(22)12-13(15(16,17)18)19-7-23-12/h2-3,6-7H,4-5H2,1H3. The van der Waals surface area contributed by atoms with Gasteiger partial charge in [0.05, 0.1) is 5.51 Å². The summed E-state index contributed by atoms with van der Waals surface area (Å²) < 4.78 is 38.7. The van der Waals surface area contributed by atoms with Crippen molar-refractivity contribution < 1.29 is 22.8 Å². The van der Waals surface area contributed by atoms with Crippen LogP contribution in [0.2, 0.25) is 0 Å². The van der Waals surface area contributed by atoms with Crippen molar-refractivity contribution in [2.45, 2.75) is 19.5 Å². The Bertz CT molecular complexity index is 798. The molecule has 2 aromatic rings. The number of hydrogen-bond acceptors (Lipinski definition) is 4. The van der Waals surface area contributed by atoms with E-state index in [1.165, 1.54) is 11.8 Å². The van der Waals surface area contributed by atoms with Crippen LogP contribution in [0.3, 0.4) is 0 Å². The van der Waals surface area contributed by atoms with Gasteiger partial charge >= 0.3 is 6.18 Å². The third kappa shape index (κ3) is 2.74. The molecule has 0 aliphatic carbocycles. The van der Waals surface area contributed by atoms with Gasteiger partial charge in [0.15, 0.2) is 11.5 Å². The van der Waals surface area contributed by atoms with Crippen molar-refractivity contribution in [3.8, 4) is 0 Å². The molecule has 0 unspecified atom stereocenters. The molecule has 0 N–H and O–H groups in total. The summed E-state index contributed by atoms with van der Waals surface area (Å²) in [6, 6.07) is 4.86. The van der Waals surface area contributed by atoms with E-state index in [4.69, 9.17) is 0 Å². The summed E-state index contributed by atoms with van der Waals surface area (Å²) in [6.45, 7) is 1.72. The molecule has 1 amide bonds. The number of anilines is 1. The summed E-state index contributed by atoms with van der Waals surface area (Å²) in [4.78, 5) is 28.0. The van der Waals surface area contributed by atoms with Gasteiger partial charge in [0.2, 0.25) is 0 Å². The van der Waals surface area contributed by atoms with Crippen LogP contribution in [0.1, 0.15) is 38.2 Å². The normalized spacial score (nSPS) is 14.0. The molecule has 3 rings (SSSR count). The lowest BCUT2D eigenvalue weighted by Gasteiger charge is -2.17. The molecule has 0 radical (unpaired) electrons. The minimum absolute atomic E-state index is 0.0978. The SMILES string of the molecule is CC(=O)c1ccc2c(c1)CCN2C(=O)c1scnc1C(F)(F)F. The van der Waals surface area contributed by atoms with E-state index >= 15 is 0 Å². The number of halogens is 3. The Balaban J connectivity index is 1.96. The van der Waals surface area contributed by atoms with Crippen LogP contribution >= 0.6 is 11.3 Å². The molecule has 0 bridgehead atoms. The predicted octanol–water partition coefficient (Wildman–Crippen LogP) is 3.57. The maximum absolute atomic E-state index is 12.9. The van der Waals surface area contributed by atoms with Crippen molar-refractivity contribution in [3.63, 3.8) is 0 Å². The summed E-state index contributed by atoms with van der Waals surface area (Å²) >= 11 is 0.678. The number of carbonyl (C=O) groups is 2. The molecule has 0 saturated heterocycles. The van der Waals surface area contributed by atoms with Gasteiger partial charge in [-0.25, -0.2) is 4.98 Å². The first-order valence-electron chi connectivity index (χ1n) is 6.75. The number of alkyl halides is 3. The predicted molar refractivity (Wildman–Crippen MR) is 78.9 cm³/mol. The highest BCUT2D eigenvalue weighted by Crippen LogP contribution is 2.36. The van der Waals surface area contributed by atoms with Crippen molar-refractivity contribution in [1.29, 1.82) is 0 Å². The monoisotopic (exact) mass is 340 g/mol. The van der Waals surface area contributed by atoms with Crippen LogP contribution in [0.25, 0.3) is 0 Å². The Morgan fingerprint density at radius 2 is 2.04 bits per heavy atom. The zero-order valence-corrected chi connectivity index (χ0v) is 12.8. The highest BCUT2D eigenvalue weighted by molar-refractivity contribution is 7.12. The van der Waals surface area contributed by atoms with Crippen LogP contribution in [-0.4, -0.2) is 23.2 Å². The lowest BCUT2D eigenvalue weighted by molar-refractivity contribution is -0.141. The Morgan fingerprint density at radius 3 is 2.70 bits per heavy atom. The molecule has 1 aliphatic rings. The van der Waals surface area contributed by atoms with E-state index < -0.39 is 22.7 Å². The lowest BCUT2D eigenvalue weighted by atomic mass is 10.1. The van der Waals surface area contributed by atoms with Crippen molar-refractivity contribution in [1.82, 2.24) is 4.98 Å². The van der Waals surface area contributed by atoms with E-state index in [0.29, 0.717) is 29.0 Å². The molecule has 0 saturated carbocycles. The second-order valence-corrected chi connectivity index (χ2v) is 5.99. The third-order valence-corrected chi connectivity index (χ3v) is 4.47. The molecule has 2 heterocycles. The van der Waals surface area contributed by atoms with Crippen molar-refractivity contribution in [2.75, 3.05) is 11.4 Å². The molecule has 1 aromatic heterocycles. The molecular weight excluding hydrogens is 329 g/mol. The van der Waals surface area contributed by atoms with Gasteiger partial charge in [0.1, 0.15) is 4.88 Å².